The van der Waals surface area contributed by atoms with Crippen molar-refractivity contribution in [3.63, 3.8) is 0 Å². The zero-order chi connectivity index (χ0) is 13.3. The fraction of sp³-hybridized carbons (Fsp3) is 0.182. The molecule has 5 nitrogen and oxygen atoms in total. The molecule has 0 aliphatic rings. The van der Waals surface area contributed by atoms with Gasteiger partial charge in [-0.15, -0.1) is 0 Å². The summed E-state index contributed by atoms with van der Waals surface area (Å²) in [7, 11) is -2.18. The largest absolute Gasteiger partial charge is 0.277 e. The van der Waals surface area contributed by atoms with Crippen molar-refractivity contribution in [1.82, 2.24) is 9.78 Å². The van der Waals surface area contributed by atoms with Crippen molar-refractivity contribution in [3.8, 4) is 0 Å². The molecule has 0 saturated carbocycles. The molecule has 1 heterocycles. The molecule has 0 saturated heterocycles. The van der Waals surface area contributed by atoms with E-state index in [0.29, 0.717) is 5.69 Å². The van der Waals surface area contributed by atoms with E-state index < -0.39 is 15.8 Å². The number of halogens is 1. The molecule has 2 aromatic rings. The first kappa shape index (κ1) is 12.6. The summed E-state index contributed by atoms with van der Waals surface area (Å²) in [5.74, 6) is -0.623. The predicted octanol–water partition coefficient (Wildman–Crippen LogP) is 1.67. The average Bonchev–Trinajstić information content (AvgIpc) is 2.63. The number of aryl methyl sites for hydroxylation is 1. The summed E-state index contributed by atoms with van der Waals surface area (Å²) in [6.07, 6.45) is 1.23. The van der Waals surface area contributed by atoms with E-state index in [4.69, 9.17) is 0 Å². The van der Waals surface area contributed by atoms with Crippen LogP contribution in [0.15, 0.2) is 35.4 Å². The first-order valence-electron chi connectivity index (χ1n) is 5.18. The summed E-state index contributed by atoms with van der Waals surface area (Å²) in [5.41, 5.74) is 0.402. The van der Waals surface area contributed by atoms with Gasteiger partial charge in [0, 0.05) is 7.05 Å². The smallest absolute Gasteiger partial charge is 0.265 e. The van der Waals surface area contributed by atoms with Crippen molar-refractivity contribution in [3.05, 3.63) is 42.0 Å². The molecule has 0 aliphatic heterocycles. The van der Waals surface area contributed by atoms with Gasteiger partial charge in [-0.05, 0) is 19.1 Å². The summed E-state index contributed by atoms with van der Waals surface area (Å²) in [6, 6.07) is 5.59. The lowest BCUT2D eigenvalue weighted by Crippen LogP contribution is -2.14. The maximum Gasteiger partial charge on any atom is 0.265 e. The predicted molar refractivity (Wildman–Crippen MR) is 65.2 cm³/mol. The second kappa shape index (κ2) is 4.41. The Labute approximate surface area is 104 Å². The van der Waals surface area contributed by atoms with E-state index in [0.717, 1.165) is 0 Å². The van der Waals surface area contributed by atoms with E-state index in [-0.39, 0.29) is 10.6 Å². The highest BCUT2D eigenvalue weighted by molar-refractivity contribution is 7.92. The maximum absolute atomic E-state index is 13.4. The van der Waals surface area contributed by atoms with Crippen LogP contribution < -0.4 is 4.72 Å². The summed E-state index contributed by atoms with van der Waals surface area (Å²) >= 11 is 0. The Hall–Kier alpha value is -1.89. The molecule has 0 bridgehead atoms. The van der Waals surface area contributed by atoms with Crippen LogP contribution in [-0.4, -0.2) is 18.2 Å². The third-order valence-corrected chi connectivity index (χ3v) is 4.07. The normalized spacial score (nSPS) is 11.5. The Balaban J connectivity index is 2.40. The van der Waals surface area contributed by atoms with Crippen LogP contribution >= 0.6 is 0 Å². The zero-order valence-corrected chi connectivity index (χ0v) is 10.7. The standard InChI is InChI=1S/C11H12FN3O2S/c1-8-11(7-13-15(8)2)18(16,17)14-10-6-4-3-5-9(10)12/h3-7,14H,1-2H3. The molecule has 0 radical (unpaired) electrons. The zero-order valence-electron chi connectivity index (χ0n) is 9.88. The molecule has 1 aromatic heterocycles. The van der Waals surface area contributed by atoms with Gasteiger partial charge in [0.2, 0.25) is 0 Å². The first-order chi connectivity index (χ1) is 8.42. The third-order valence-electron chi connectivity index (χ3n) is 2.60. The quantitative estimate of drug-likeness (QED) is 0.921. The molecular weight excluding hydrogens is 257 g/mol. The Kier molecular flexibility index (Phi) is 3.08. The fourth-order valence-electron chi connectivity index (χ4n) is 1.49. The van der Waals surface area contributed by atoms with E-state index in [2.05, 4.69) is 9.82 Å². The van der Waals surface area contributed by atoms with Crippen LogP contribution in [0.25, 0.3) is 0 Å². The van der Waals surface area contributed by atoms with Gasteiger partial charge in [-0.3, -0.25) is 9.40 Å². The van der Waals surface area contributed by atoms with Gasteiger partial charge < -0.3 is 0 Å². The van der Waals surface area contributed by atoms with Crippen LogP contribution in [0.4, 0.5) is 10.1 Å². The van der Waals surface area contributed by atoms with Gasteiger partial charge >= 0.3 is 0 Å². The summed E-state index contributed by atoms with van der Waals surface area (Å²) in [6.45, 7) is 1.63. The summed E-state index contributed by atoms with van der Waals surface area (Å²) < 4.78 is 41.1. The van der Waals surface area contributed by atoms with Gasteiger partial charge in [0.25, 0.3) is 10.0 Å². The van der Waals surface area contributed by atoms with E-state index in [1.54, 1.807) is 20.0 Å². The van der Waals surface area contributed by atoms with Gasteiger partial charge in [0.15, 0.2) is 0 Å². The molecular formula is C11H12FN3O2S. The number of benzene rings is 1. The highest BCUT2D eigenvalue weighted by Gasteiger charge is 2.21. The minimum Gasteiger partial charge on any atom is -0.277 e. The second-order valence-electron chi connectivity index (χ2n) is 3.80. The van der Waals surface area contributed by atoms with E-state index in [1.807, 2.05) is 0 Å². The minimum absolute atomic E-state index is 0.0354. The number of hydrogen-bond acceptors (Lipinski definition) is 3. The summed E-state index contributed by atoms with van der Waals surface area (Å²) in [4.78, 5) is 0.0354. The Morgan fingerprint density at radius 2 is 2.00 bits per heavy atom. The monoisotopic (exact) mass is 269 g/mol. The lowest BCUT2D eigenvalue weighted by Gasteiger charge is -2.08. The van der Waals surface area contributed by atoms with E-state index >= 15 is 0 Å². The molecule has 7 heteroatoms. The minimum atomic E-state index is -3.82. The fourth-order valence-corrected chi connectivity index (χ4v) is 2.76. The molecule has 0 unspecified atom stereocenters. The van der Waals surface area contributed by atoms with Gasteiger partial charge in [0.1, 0.15) is 10.7 Å². The van der Waals surface area contributed by atoms with Crippen molar-refractivity contribution in [2.45, 2.75) is 11.8 Å². The van der Waals surface area contributed by atoms with Gasteiger partial charge in [-0.25, -0.2) is 12.8 Å². The Morgan fingerprint density at radius 3 is 2.56 bits per heavy atom. The lowest BCUT2D eigenvalue weighted by atomic mass is 10.3. The van der Waals surface area contributed by atoms with Gasteiger partial charge in [-0.2, -0.15) is 5.10 Å². The molecule has 1 N–H and O–H groups in total. The molecule has 2 rings (SSSR count). The first-order valence-corrected chi connectivity index (χ1v) is 6.66. The average molecular weight is 269 g/mol. The Bertz CT molecular complexity index is 679. The molecule has 0 fully saturated rings. The van der Waals surface area contributed by atoms with Crippen molar-refractivity contribution in [2.75, 3.05) is 4.72 Å². The van der Waals surface area contributed by atoms with Crippen LogP contribution in [0.1, 0.15) is 5.69 Å². The van der Waals surface area contributed by atoms with Crippen molar-refractivity contribution in [2.24, 2.45) is 7.05 Å². The molecule has 1 aromatic carbocycles. The van der Waals surface area contributed by atoms with Crippen LogP contribution in [0.2, 0.25) is 0 Å². The number of nitrogens with zero attached hydrogens (tertiary/aromatic N) is 2. The number of aromatic nitrogens is 2. The number of nitrogens with one attached hydrogen (secondary N) is 1. The lowest BCUT2D eigenvalue weighted by molar-refractivity contribution is 0.597. The van der Waals surface area contributed by atoms with Crippen LogP contribution in [0, 0.1) is 12.7 Å². The molecule has 0 amide bonds. The topological polar surface area (TPSA) is 64.0 Å². The molecule has 18 heavy (non-hydrogen) atoms. The third kappa shape index (κ3) is 2.21. The van der Waals surface area contributed by atoms with E-state index in [1.165, 1.54) is 29.1 Å². The number of sulfonamides is 1. The van der Waals surface area contributed by atoms with Crippen molar-refractivity contribution < 1.29 is 12.8 Å². The van der Waals surface area contributed by atoms with Gasteiger partial charge in [0.05, 0.1) is 17.6 Å². The van der Waals surface area contributed by atoms with Crippen LogP contribution in [0.3, 0.4) is 0 Å². The second-order valence-corrected chi connectivity index (χ2v) is 5.45. The molecule has 0 aliphatic carbocycles. The number of anilines is 1. The Morgan fingerprint density at radius 1 is 1.33 bits per heavy atom. The van der Waals surface area contributed by atoms with Crippen molar-refractivity contribution >= 4 is 15.7 Å². The van der Waals surface area contributed by atoms with Crippen LogP contribution in [-0.2, 0) is 17.1 Å². The molecule has 96 valence electrons. The maximum atomic E-state index is 13.4. The molecule has 0 atom stereocenters. The molecule has 0 spiro atoms. The number of hydrogen-bond donors (Lipinski definition) is 1. The van der Waals surface area contributed by atoms with Crippen LogP contribution in [0.5, 0.6) is 0 Å². The summed E-state index contributed by atoms with van der Waals surface area (Å²) in [5, 5.41) is 3.85. The van der Waals surface area contributed by atoms with Gasteiger partial charge in [-0.1, -0.05) is 12.1 Å². The number of rotatable bonds is 3. The SMILES string of the molecule is Cc1c(S(=O)(=O)Nc2ccccc2F)cnn1C. The van der Waals surface area contributed by atoms with Crippen molar-refractivity contribution in [1.29, 1.82) is 0 Å². The highest BCUT2D eigenvalue weighted by Crippen LogP contribution is 2.20. The number of para-hydroxylation sites is 1. The highest BCUT2D eigenvalue weighted by atomic mass is 32.2. The van der Waals surface area contributed by atoms with E-state index in [9.17, 15) is 12.8 Å².